The normalized spacial score (nSPS) is 27.6. The lowest BCUT2D eigenvalue weighted by Gasteiger charge is -2.42. The maximum atomic E-state index is 12.8. The van der Waals surface area contributed by atoms with Gasteiger partial charge in [-0.2, -0.15) is 0 Å². The molecule has 5 nitrogen and oxygen atoms in total. The quantitative estimate of drug-likeness (QED) is 0.804. The van der Waals surface area contributed by atoms with Gasteiger partial charge in [-0.15, -0.1) is 0 Å². The topological polar surface area (TPSA) is 49.9 Å². The first-order valence-corrected chi connectivity index (χ1v) is 8.93. The third kappa shape index (κ3) is 2.75. The lowest BCUT2D eigenvalue weighted by atomic mass is 9.90. The van der Waals surface area contributed by atoms with Crippen LogP contribution in [0.3, 0.4) is 0 Å². The molecule has 0 radical (unpaired) electrons. The Labute approximate surface area is 133 Å². The van der Waals surface area contributed by atoms with E-state index in [2.05, 4.69) is 0 Å². The Morgan fingerprint density at radius 2 is 1.77 bits per heavy atom. The van der Waals surface area contributed by atoms with Crippen molar-refractivity contribution in [2.75, 3.05) is 19.7 Å². The van der Waals surface area contributed by atoms with Gasteiger partial charge < -0.3 is 9.64 Å². The molecule has 3 aliphatic rings. The monoisotopic (exact) mass is 308 g/mol. The number of nitrogens with zero attached hydrogens (tertiary/aromatic N) is 2. The average molecular weight is 308 g/mol. The van der Waals surface area contributed by atoms with E-state index in [9.17, 15) is 9.59 Å². The van der Waals surface area contributed by atoms with Crippen molar-refractivity contribution in [3.05, 3.63) is 0 Å². The highest BCUT2D eigenvalue weighted by Gasteiger charge is 2.53. The van der Waals surface area contributed by atoms with E-state index < -0.39 is 11.8 Å². The predicted octanol–water partition coefficient (Wildman–Crippen LogP) is 2.30. The third-order valence-corrected chi connectivity index (χ3v) is 5.33. The van der Waals surface area contributed by atoms with Gasteiger partial charge in [-0.25, -0.2) is 0 Å². The number of hydrogen-bond acceptors (Lipinski definition) is 3. The summed E-state index contributed by atoms with van der Waals surface area (Å²) in [6.07, 6.45) is 8.61. The molecule has 124 valence electrons. The number of rotatable bonds is 3. The number of likely N-dealkylation sites (tertiary alicyclic amines) is 1. The Morgan fingerprint density at radius 3 is 2.41 bits per heavy atom. The SMILES string of the molecule is CCCC(=O)N1C(C(=O)N2CCCC2)COC12CCCCC2. The Hall–Kier alpha value is -1.10. The highest BCUT2D eigenvalue weighted by molar-refractivity contribution is 5.89. The molecular formula is C17H28N2O3. The van der Waals surface area contributed by atoms with Crippen LogP contribution in [0.2, 0.25) is 0 Å². The predicted molar refractivity (Wildman–Crippen MR) is 83.1 cm³/mol. The summed E-state index contributed by atoms with van der Waals surface area (Å²) in [7, 11) is 0. The van der Waals surface area contributed by atoms with E-state index in [0.717, 1.165) is 58.0 Å². The van der Waals surface area contributed by atoms with Crippen LogP contribution in [0.15, 0.2) is 0 Å². The molecule has 0 bridgehead atoms. The molecule has 1 aliphatic carbocycles. The van der Waals surface area contributed by atoms with Gasteiger partial charge in [-0.05, 0) is 44.9 Å². The van der Waals surface area contributed by atoms with Crippen LogP contribution in [0.1, 0.15) is 64.7 Å². The number of carbonyl (C=O) groups excluding carboxylic acids is 2. The minimum absolute atomic E-state index is 0.0967. The highest BCUT2D eigenvalue weighted by atomic mass is 16.5. The standard InChI is InChI=1S/C17H28N2O3/c1-2-8-15(20)19-14(16(21)18-11-6-7-12-18)13-22-17(19)9-4-3-5-10-17/h14H,2-13H2,1H3. The maximum absolute atomic E-state index is 12.8. The van der Waals surface area contributed by atoms with Gasteiger partial charge in [0.1, 0.15) is 11.8 Å². The minimum Gasteiger partial charge on any atom is -0.353 e. The zero-order valence-electron chi connectivity index (χ0n) is 13.7. The van der Waals surface area contributed by atoms with Gasteiger partial charge >= 0.3 is 0 Å². The van der Waals surface area contributed by atoms with E-state index in [1.807, 2.05) is 16.7 Å². The molecule has 2 aliphatic heterocycles. The van der Waals surface area contributed by atoms with Crippen molar-refractivity contribution in [1.82, 2.24) is 9.80 Å². The Bertz CT molecular complexity index is 426. The third-order valence-electron chi connectivity index (χ3n) is 5.33. The molecular weight excluding hydrogens is 280 g/mol. The summed E-state index contributed by atoms with van der Waals surface area (Å²) < 4.78 is 6.11. The van der Waals surface area contributed by atoms with Crippen LogP contribution >= 0.6 is 0 Å². The van der Waals surface area contributed by atoms with Gasteiger partial charge in [0.25, 0.3) is 0 Å². The van der Waals surface area contributed by atoms with E-state index in [-0.39, 0.29) is 11.8 Å². The molecule has 3 fully saturated rings. The first kappa shape index (κ1) is 15.8. The second-order valence-corrected chi connectivity index (χ2v) is 6.88. The lowest BCUT2D eigenvalue weighted by molar-refractivity contribution is -0.161. The molecule has 0 aromatic heterocycles. The van der Waals surface area contributed by atoms with Gasteiger partial charge in [0.15, 0.2) is 0 Å². The van der Waals surface area contributed by atoms with E-state index in [4.69, 9.17) is 4.74 Å². The summed E-state index contributed by atoms with van der Waals surface area (Å²) in [5.41, 5.74) is -0.495. The Morgan fingerprint density at radius 1 is 1.09 bits per heavy atom. The second kappa shape index (κ2) is 6.57. The zero-order chi connectivity index (χ0) is 15.6. The molecule has 2 heterocycles. The number of hydrogen-bond donors (Lipinski definition) is 0. The summed E-state index contributed by atoms with van der Waals surface area (Å²) >= 11 is 0. The Kier molecular flexibility index (Phi) is 4.71. The zero-order valence-corrected chi connectivity index (χ0v) is 13.7. The fourth-order valence-electron chi connectivity index (χ4n) is 4.22. The van der Waals surface area contributed by atoms with E-state index in [1.165, 1.54) is 6.42 Å². The van der Waals surface area contributed by atoms with Crippen LogP contribution < -0.4 is 0 Å². The van der Waals surface area contributed by atoms with E-state index in [0.29, 0.717) is 13.0 Å². The van der Waals surface area contributed by atoms with Crippen molar-refractivity contribution >= 4 is 11.8 Å². The highest BCUT2D eigenvalue weighted by Crippen LogP contribution is 2.41. The molecule has 2 amide bonds. The van der Waals surface area contributed by atoms with Gasteiger partial charge in [-0.1, -0.05) is 13.3 Å². The van der Waals surface area contributed by atoms with Gasteiger partial charge in [0.2, 0.25) is 11.8 Å². The molecule has 3 rings (SSSR count). The van der Waals surface area contributed by atoms with Gasteiger partial charge in [-0.3, -0.25) is 14.5 Å². The summed E-state index contributed by atoms with van der Waals surface area (Å²) in [6.45, 7) is 4.06. The van der Waals surface area contributed by atoms with Crippen molar-refractivity contribution in [3.63, 3.8) is 0 Å². The van der Waals surface area contributed by atoms with Crippen molar-refractivity contribution in [2.45, 2.75) is 76.5 Å². The minimum atomic E-state index is -0.495. The second-order valence-electron chi connectivity index (χ2n) is 6.88. The fraction of sp³-hybridized carbons (Fsp3) is 0.882. The van der Waals surface area contributed by atoms with Gasteiger partial charge in [0.05, 0.1) is 6.61 Å². The molecule has 5 heteroatoms. The van der Waals surface area contributed by atoms with E-state index in [1.54, 1.807) is 0 Å². The summed E-state index contributed by atoms with van der Waals surface area (Å²) in [5.74, 6) is 0.198. The first-order chi connectivity index (χ1) is 10.7. The molecule has 1 saturated carbocycles. The Balaban J connectivity index is 1.82. The van der Waals surface area contributed by atoms with E-state index >= 15 is 0 Å². The number of carbonyl (C=O) groups is 2. The van der Waals surface area contributed by atoms with Crippen molar-refractivity contribution in [1.29, 1.82) is 0 Å². The van der Waals surface area contributed by atoms with Crippen molar-refractivity contribution < 1.29 is 14.3 Å². The van der Waals surface area contributed by atoms with Crippen LogP contribution in [0.5, 0.6) is 0 Å². The van der Waals surface area contributed by atoms with Crippen LogP contribution in [0.4, 0.5) is 0 Å². The average Bonchev–Trinajstić information content (AvgIpc) is 3.16. The smallest absolute Gasteiger partial charge is 0.247 e. The molecule has 22 heavy (non-hydrogen) atoms. The van der Waals surface area contributed by atoms with Crippen molar-refractivity contribution in [3.8, 4) is 0 Å². The molecule has 1 unspecified atom stereocenters. The number of amides is 2. The molecule has 0 N–H and O–H groups in total. The summed E-state index contributed by atoms with van der Waals surface area (Å²) in [4.78, 5) is 29.3. The molecule has 1 spiro atoms. The first-order valence-electron chi connectivity index (χ1n) is 8.93. The largest absolute Gasteiger partial charge is 0.353 e. The summed E-state index contributed by atoms with van der Waals surface area (Å²) in [5, 5.41) is 0. The van der Waals surface area contributed by atoms with Crippen molar-refractivity contribution in [2.24, 2.45) is 0 Å². The van der Waals surface area contributed by atoms with Crippen LogP contribution in [0.25, 0.3) is 0 Å². The molecule has 2 saturated heterocycles. The van der Waals surface area contributed by atoms with Crippen LogP contribution in [0, 0.1) is 0 Å². The summed E-state index contributed by atoms with van der Waals surface area (Å²) in [6, 6.07) is -0.393. The lowest BCUT2D eigenvalue weighted by Crippen LogP contribution is -2.56. The van der Waals surface area contributed by atoms with Gasteiger partial charge in [0, 0.05) is 19.5 Å². The fourth-order valence-corrected chi connectivity index (χ4v) is 4.22. The van der Waals surface area contributed by atoms with Crippen LogP contribution in [-0.4, -0.2) is 53.1 Å². The number of ether oxygens (including phenoxy) is 1. The molecule has 0 aromatic rings. The molecule has 1 atom stereocenters. The van der Waals surface area contributed by atoms with Crippen LogP contribution in [-0.2, 0) is 14.3 Å². The maximum Gasteiger partial charge on any atom is 0.247 e. The molecule has 0 aromatic carbocycles.